The van der Waals surface area contributed by atoms with Crippen molar-refractivity contribution in [3.05, 3.63) is 11.6 Å². The van der Waals surface area contributed by atoms with Crippen LogP contribution in [0.25, 0.3) is 0 Å². The Morgan fingerprint density at radius 3 is 2.80 bits per heavy atom. The summed E-state index contributed by atoms with van der Waals surface area (Å²) < 4.78 is 9.66. The topological polar surface area (TPSA) is 72.8 Å². The second-order valence-corrected chi connectivity index (χ2v) is 3.53. The predicted octanol–water partition coefficient (Wildman–Crippen LogP) is 0.595. The minimum Gasteiger partial charge on any atom is -0.479 e. The molecule has 0 saturated heterocycles. The van der Waals surface area contributed by atoms with E-state index in [1.165, 1.54) is 7.11 Å². The largest absolute Gasteiger partial charge is 0.479 e. The molecule has 0 aromatic heterocycles. The number of carboxylic acid groups (broad SMARTS) is 1. The SMILES string of the molecule is COC(=O)C1=C[C@H](C)C[C@@H](C(=O)O)OC1. The van der Waals surface area contributed by atoms with E-state index in [1.807, 2.05) is 6.92 Å². The molecule has 0 spiro atoms. The van der Waals surface area contributed by atoms with Crippen molar-refractivity contribution in [3.63, 3.8) is 0 Å². The molecule has 0 radical (unpaired) electrons. The highest BCUT2D eigenvalue weighted by Gasteiger charge is 2.26. The van der Waals surface area contributed by atoms with Crippen LogP contribution in [0.5, 0.6) is 0 Å². The first-order chi connectivity index (χ1) is 7.04. The molecule has 0 fully saturated rings. The van der Waals surface area contributed by atoms with Crippen LogP contribution in [0.3, 0.4) is 0 Å². The third kappa shape index (κ3) is 3.06. The smallest absolute Gasteiger partial charge is 0.335 e. The maximum absolute atomic E-state index is 11.2. The van der Waals surface area contributed by atoms with Gasteiger partial charge in [0.15, 0.2) is 6.10 Å². The average molecular weight is 214 g/mol. The van der Waals surface area contributed by atoms with Gasteiger partial charge in [0.1, 0.15) is 0 Å². The van der Waals surface area contributed by atoms with Crippen LogP contribution < -0.4 is 0 Å². The van der Waals surface area contributed by atoms with Crippen LogP contribution in [0.2, 0.25) is 0 Å². The van der Waals surface area contributed by atoms with Gasteiger partial charge >= 0.3 is 11.9 Å². The number of carbonyl (C=O) groups is 2. The number of rotatable bonds is 2. The minimum atomic E-state index is -0.999. The summed E-state index contributed by atoms with van der Waals surface area (Å²) >= 11 is 0. The van der Waals surface area contributed by atoms with Crippen molar-refractivity contribution in [2.45, 2.75) is 19.4 Å². The summed E-state index contributed by atoms with van der Waals surface area (Å²) in [6, 6.07) is 0. The van der Waals surface area contributed by atoms with Crippen LogP contribution in [-0.4, -0.2) is 36.9 Å². The van der Waals surface area contributed by atoms with Crippen molar-refractivity contribution >= 4 is 11.9 Å². The minimum absolute atomic E-state index is 0.00597. The normalized spacial score (nSPS) is 26.4. The second kappa shape index (κ2) is 4.93. The molecule has 0 bridgehead atoms. The van der Waals surface area contributed by atoms with Gasteiger partial charge in [-0.3, -0.25) is 0 Å². The molecular weight excluding hydrogens is 200 g/mol. The van der Waals surface area contributed by atoms with Gasteiger partial charge in [-0.25, -0.2) is 9.59 Å². The molecule has 0 aromatic carbocycles. The van der Waals surface area contributed by atoms with Crippen LogP contribution >= 0.6 is 0 Å². The number of hydrogen-bond donors (Lipinski definition) is 1. The quantitative estimate of drug-likeness (QED) is 0.681. The van der Waals surface area contributed by atoms with E-state index in [0.29, 0.717) is 12.0 Å². The van der Waals surface area contributed by atoms with E-state index in [0.717, 1.165) is 0 Å². The fourth-order valence-corrected chi connectivity index (χ4v) is 1.49. The van der Waals surface area contributed by atoms with Gasteiger partial charge in [0, 0.05) is 0 Å². The second-order valence-electron chi connectivity index (χ2n) is 3.53. The number of esters is 1. The lowest BCUT2D eigenvalue weighted by atomic mass is 10.0. The predicted molar refractivity (Wildman–Crippen MR) is 51.3 cm³/mol. The third-order valence-electron chi connectivity index (χ3n) is 2.23. The highest BCUT2D eigenvalue weighted by atomic mass is 16.5. The zero-order chi connectivity index (χ0) is 11.4. The molecule has 5 nitrogen and oxygen atoms in total. The Labute approximate surface area is 87.7 Å². The summed E-state index contributed by atoms with van der Waals surface area (Å²) in [5.41, 5.74) is 0.383. The molecule has 1 rings (SSSR count). The number of aliphatic carboxylic acids is 1. The Morgan fingerprint density at radius 1 is 1.60 bits per heavy atom. The first kappa shape index (κ1) is 11.7. The summed E-state index contributed by atoms with van der Waals surface area (Å²) in [6.07, 6.45) is 1.23. The highest BCUT2D eigenvalue weighted by Crippen LogP contribution is 2.19. The van der Waals surface area contributed by atoms with E-state index >= 15 is 0 Å². The third-order valence-corrected chi connectivity index (χ3v) is 2.23. The van der Waals surface area contributed by atoms with Crippen LogP contribution in [0.15, 0.2) is 11.6 Å². The number of carbonyl (C=O) groups excluding carboxylic acids is 1. The number of allylic oxidation sites excluding steroid dienone is 1. The van der Waals surface area contributed by atoms with E-state index in [1.54, 1.807) is 6.08 Å². The fourth-order valence-electron chi connectivity index (χ4n) is 1.49. The van der Waals surface area contributed by atoms with Crippen molar-refractivity contribution in [1.29, 1.82) is 0 Å². The van der Waals surface area contributed by atoms with Crippen LogP contribution in [0.1, 0.15) is 13.3 Å². The van der Waals surface area contributed by atoms with Gasteiger partial charge in [-0.15, -0.1) is 0 Å². The summed E-state index contributed by atoms with van der Waals surface area (Å²) in [6.45, 7) is 1.83. The maximum Gasteiger partial charge on any atom is 0.335 e. The molecule has 0 aromatic rings. The zero-order valence-electron chi connectivity index (χ0n) is 8.73. The summed E-state index contributed by atoms with van der Waals surface area (Å²) in [5.74, 6) is -1.48. The molecule has 1 heterocycles. The van der Waals surface area contributed by atoms with Crippen molar-refractivity contribution in [1.82, 2.24) is 0 Å². The van der Waals surface area contributed by atoms with Gasteiger partial charge in [0.2, 0.25) is 0 Å². The lowest BCUT2D eigenvalue weighted by Gasteiger charge is -2.11. The van der Waals surface area contributed by atoms with Gasteiger partial charge in [0.05, 0.1) is 19.3 Å². The first-order valence-corrected chi connectivity index (χ1v) is 4.68. The number of ether oxygens (including phenoxy) is 2. The fraction of sp³-hybridized carbons (Fsp3) is 0.600. The van der Waals surface area contributed by atoms with Crippen molar-refractivity contribution < 1.29 is 24.2 Å². The van der Waals surface area contributed by atoms with Gasteiger partial charge in [-0.05, 0) is 12.3 Å². The van der Waals surface area contributed by atoms with E-state index < -0.39 is 18.0 Å². The van der Waals surface area contributed by atoms with Crippen molar-refractivity contribution in [2.75, 3.05) is 13.7 Å². The molecule has 2 atom stereocenters. The standard InChI is InChI=1S/C10H14O5/c1-6-3-7(10(13)14-2)5-15-8(4-6)9(11)12/h3,6,8H,4-5H2,1-2H3,(H,11,12)/t6-,8-/m0/s1. The molecule has 0 amide bonds. The molecule has 5 heteroatoms. The molecule has 84 valence electrons. The molecule has 1 aliphatic heterocycles. The maximum atomic E-state index is 11.2. The molecule has 0 saturated carbocycles. The van der Waals surface area contributed by atoms with E-state index in [2.05, 4.69) is 4.74 Å². The van der Waals surface area contributed by atoms with E-state index in [-0.39, 0.29) is 12.5 Å². The van der Waals surface area contributed by atoms with Gasteiger partial charge in [-0.1, -0.05) is 13.0 Å². The van der Waals surface area contributed by atoms with Crippen LogP contribution in [0.4, 0.5) is 0 Å². The van der Waals surface area contributed by atoms with Crippen LogP contribution in [0, 0.1) is 5.92 Å². The Morgan fingerprint density at radius 2 is 2.27 bits per heavy atom. The molecular formula is C10H14O5. The molecule has 15 heavy (non-hydrogen) atoms. The van der Waals surface area contributed by atoms with Crippen molar-refractivity contribution in [2.24, 2.45) is 5.92 Å². The Hall–Kier alpha value is -1.36. The van der Waals surface area contributed by atoms with Gasteiger partial charge in [0.25, 0.3) is 0 Å². The molecule has 0 aliphatic carbocycles. The number of carboxylic acids is 1. The monoisotopic (exact) mass is 214 g/mol. The summed E-state index contributed by atoms with van der Waals surface area (Å²) in [4.78, 5) is 22.0. The Bertz CT molecular complexity index is 294. The average Bonchev–Trinajstić information content (AvgIpc) is 2.38. The Kier molecular flexibility index (Phi) is 3.85. The van der Waals surface area contributed by atoms with Gasteiger partial charge in [-0.2, -0.15) is 0 Å². The first-order valence-electron chi connectivity index (χ1n) is 4.68. The molecule has 0 unspecified atom stereocenters. The number of hydrogen-bond acceptors (Lipinski definition) is 4. The van der Waals surface area contributed by atoms with E-state index in [9.17, 15) is 9.59 Å². The lowest BCUT2D eigenvalue weighted by molar-refractivity contribution is -0.151. The highest BCUT2D eigenvalue weighted by molar-refractivity contribution is 5.88. The van der Waals surface area contributed by atoms with Crippen LogP contribution in [-0.2, 0) is 19.1 Å². The van der Waals surface area contributed by atoms with E-state index in [4.69, 9.17) is 9.84 Å². The summed E-state index contributed by atoms with van der Waals surface area (Å²) in [7, 11) is 1.29. The lowest BCUT2D eigenvalue weighted by Crippen LogP contribution is -2.25. The summed E-state index contributed by atoms with van der Waals surface area (Å²) in [5, 5.41) is 8.80. The molecule has 1 N–H and O–H groups in total. The zero-order valence-corrected chi connectivity index (χ0v) is 8.73. The molecule has 1 aliphatic rings. The van der Waals surface area contributed by atoms with Crippen molar-refractivity contribution in [3.8, 4) is 0 Å². The van der Waals surface area contributed by atoms with Gasteiger partial charge < -0.3 is 14.6 Å². The Balaban J connectivity index is 2.73. The number of methoxy groups -OCH3 is 1.